The Bertz CT molecular complexity index is 232. The summed E-state index contributed by atoms with van der Waals surface area (Å²) in [7, 11) is -1.39. The van der Waals surface area contributed by atoms with Gasteiger partial charge in [0.15, 0.2) is 0 Å². The number of pyridine rings is 1. The Balaban J connectivity index is 0.000001000. The maximum atomic E-state index is 8.68. The number of halogens is 1. The molecule has 1 heterocycles. The number of rotatable bonds is 1. The third-order valence-corrected chi connectivity index (χ3v) is 1.22. The van der Waals surface area contributed by atoms with Crippen molar-refractivity contribution in [3.05, 3.63) is 24.0 Å². The lowest BCUT2D eigenvalue weighted by atomic mass is 9.81. The molecule has 0 aliphatic rings. The Morgan fingerprint density at radius 3 is 2.45 bits per heavy atom. The van der Waals surface area contributed by atoms with Crippen LogP contribution in [0, 0.1) is 6.92 Å². The summed E-state index contributed by atoms with van der Waals surface area (Å²) in [4.78, 5) is 3.90. The van der Waals surface area contributed by atoms with Gasteiger partial charge in [-0.1, -0.05) is 0 Å². The molecule has 0 fully saturated rings. The minimum absolute atomic E-state index is 0. The van der Waals surface area contributed by atoms with Crippen molar-refractivity contribution in [2.75, 3.05) is 0 Å². The molecule has 1 aromatic rings. The van der Waals surface area contributed by atoms with Gasteiger partial charge in [-0.15, -0.1) is 12.4 Å². The second kappa shape index (κ2) is 4.33. The van der Waals surface area contributed by atoms with E-state index in [-0.39, 0.29) is 12.4 Å². The second-order valence-corrected chi connectivity index (χ2v) is 2.10. The van der Waals surface area contributed by atoms with Crippen LogP contribution in [0.15, 0.2) is 18.3 Å². The summed E-state index contributed by atoms with van der Waals surface area (Å²) in [5, 5.41) is 17.4. The van der Waals surface area contributed by atoms with E-state index < -0.39 is 7.12 Å². The Labute approximate surface area is 71.7 Å². The molecule has 3 nitrogen and oxygen atoms in total. The molecule has 0 aliphatic heterocycles. The molecule has 0 radical (unpaired) electrons. The molecule has 0 aliphatic carbocycles. The van der Waals surface area contributed by atoms with Gasteiger partial charge < -0.3 is 10.0 Å². The van der Waals surface area contributed by atoms with E-state index in [0.717, 1.165) is 5.69 Å². The first-order chi connectivity index (χ1) is 4.70. The predicted molar refractivity (Wildman–Crippen MR) is 46.0 cm³/mol. The maximum Gasteiger partial charge on any atom is 0.488 e. The molecular weight excluding hydrogens is 164 g/mol. The largest absolute Gasteiger partial charge is 0.488 e. The molecule has 60 valence electrons. The van der Waals surface area contributed by atoms with E-state index in [1.54, 1.807) is 25.3 Å². The van der Waals surface area contributed by atoms with Crippen LogP contribution in [0.1, 0.15) is 5.69 Å². The van der Waals surface area contributed by atoms with Gasteiger partial charge in [-0.25, -0.2) is 0 Å². The Kier molecular flexibility index (Phi) is 4.11. The fourth-order valence-electron chi connectivity index (χ4n) is 0.728. The summed E-state index contributed by atoms with van der Waals surface area (Å²) < 4.78 is 0. The van der Waals surface area contributed by atoms with Crippen LogP contribution < -0.4 is 5.46 Å². The highest BCUT2D eigenvalue weighted by Gasteiger charge is 2.09. The van der Waals surface area contributed by atoms with Crippen molar-refractivity contribution >= 4 is 25.0 Å². The molecule has 2 N–H and O–H groups in total. The highest BCUT2D eigenvalue weighted by molar-refractivity contribution is 6.58. The number of nitrogens with zero attached hydrogens (tertiary/aromatic N) is 1. The summed E-state index contributed by atoms with van der Waals surface area (Å²) in [6.45, 7) is 1.80. The van der Waals surface area contributed by atoms with Crippen molar-refractivity contribution in [2.45, 2.75) is 6.92 Å². The molecule has 0 amide bonds. The van der Waals surface area contributed by atoms with Gasteiger partial charge in [-0.05, 0) is 24.5 Å². The molecule has 0 bridgehead atoms. The third-order valence-electron chi connectivity index (χ3n) is 1.22. The minimum atomic E-state index is -1.39. The van der Waals surface area contributed by atoms with E-state index in [4.69, 9.17) is 10.0 Å². The number of aromatic nitrogens is 1. The molecule has 1 aromatic heterocycles. The average Bonchev–Trinajstić information content (AvgIpc) is 1.88. The van der Waals surface area contributed by atoms with Crippen molar-refractivity contribution in [3.8, 4) is 0 Å². The highest BCUT2D eigenvalue weighted by atomic mass is 35.5. The van der Waals surface area contributed by atoms with E-state index >= 15 is 0 Å². The highest BCUT2D eigenvalue weighted by Crippen LogP contribution is 1.87. The zero-order valence-corrected chi connectivity index (χ0v) is 6.88. The van der Waals surface area contributed by atoms with Crippen LogP contribution in [0.4, 0.5) is 0 Å². The summed E-state index contributed by atoms with van der Waals surface area (Å²) in [5.41, 5.74) is 1.26. The predicted octanol–water partition coefficient (Wildman–Crippen LogP) is -0.508. The lowest BCUT2D eigenvalue weighted by Crippen LogP contribution is -2.29. The molecule has 0 spiro atoms. The average molecular weight is 173 g/mol. The summed E-state index contributed by atoms with van der Waals surface area (Å²) in [5.74, 6) is 0. The van der Waals surface area contributed by atoms with Crippen molar-refractivity contribution in [2.24, 2.45) is 0 Å². The smallest absolute Gasteiger partial charge is 0.423 e. The summed E-state index contributed by atoms with van der Waals surface area (Å²) >= 11 is 0. The summed E-state index contributed by atoms with van der Waals surface area (Å²) in [6, 6.07) is 3.20. The molecular formula is C6H9BClNO2. The van der Waals surface area contributed by atoms with Crippen LogP contribution in [0.3, 0.4) is 0 Å². The third kappa shape index (κ3) is 2.88. The molecule has 0 aromatic carbocycles. The van der Waals surface area contributed by atoms with Crippen molar-refractivity contribution in [3.63, 3.8) is 0 Å². The van der Waals surface area contributed by atoms with E-state index in [2.05, 4.69) is 4.98 Å². The van der Waals surface area contributed by atoms with Crippen LogP contribution in [0.2, 0.25) is 0 Å². The molecule has 0 saturated carbocycles. The first-order valence-electron chi connectivity index (χ1n) is 2.99. The van der Waals surface area contributed by atoms with Crippen LogP contribution in [0.5, 0.6) is 0 Å². The molecule has 5 heteroatoms. The van der Waals surface area contributed by atoms with Crippen LogP contribution in [-0.2, 0) is 0 Å². The fourth-order valence-corrected chi connectivity index (χ4v) is 0.728. The first kappa shape index (κ1) is 10.4. The molecule has 11 heavy (non-hydrogen) atoms. The lowest BCUT2D eigenvalue weighted by Gasteiger charge is -1.97. The Morgan fingerprint density at radius 2 is 2.09 bits per heavy atom. The van der Waals surface area contributed by atoms with Gasteiger partial charge in [0.05, 0.1) is 0 Å². The van der Waals surface area contributed by atoms with Crippen LogP contribution >= 0.6 is 12.4 Å². The SMILES string of the molecule is Cc1cc(B(O)O)ccn1.Cl. The molecule has 0 atom stereocenters. The fraction of sp³-hybridized carbons (Fsp3) is 0.167. The van der Waals surface area contributed by atoms with Gasteiger partial charge in [0.25, 0.3) is 0 Å². The number of hydrogen-bond acceptors (Lipinski definition) is 3. The zero-order chi connectivity index (χ0) is 7.56. The van der Waals surface area contributed by atoms with E-state index in [1.807, 2.05) is 0 Å². The number of hydrogen-bond donors (Lipinski definition) is 2. The molecule has 0 saturated heterocycles. The normalized spacial score (nSPS) is 8.64. The second-order valence-electron chi connectivity index (χ2n) is 2.10. The van der Waals surface area contributed by atoms with Gasteiger partial charge in [-0.2, -0.15) is 0 Å². The summed E-state index contributed by atoms with van der Waals surface area (Å²) in [6.07, 6.45) is 1.55. The quantitative estimate of drug-likeness (QED) is 0.563. The van der Waals surface area contributed by atoms with Gasteiger partial charge in [-0.3, -0.25) is 4.98 Å². The van der Waals surface area contributed by atoms with Crippen molar-refractivity contribution in [1.82, 2.24) is 4.98 Å². The van der Waals surface area contributed by atoms with Gasteiger partial charge in [0, 0.05) is 11.9 Å². The van der Waals surface area contributed by atoms with Gasteiger partial charge in [0.2, 0.25) is 0 Å². The monoisotopic (exact) mass is 173 g/mol. The van der Waals surface area contributed by atoms with E-state index in [0.29, 0.717) is 5.46 Å². The molecule has 1 rings (SSSR count). The zero-order valence-electron chi connectivity index (χ0n) is 6.06. The Hall–Kier alpha value is -0.575. The van der Waals surface area contributed by atoms with Crippen LogP contribution in [-0.4, -0.2) is 22.2 Å². The van der Waals surface area contributed by atoms with Crippen molar-refractivity contribution in [1.29, 1.82) is 0 Å². The van der Waals surface area contributed by atoms with Gasteiger partial charge in [0.1, 0.15) is 0 Å². The van der Waals surface area contributed by atoms with Gasteiger partial charge >= 0.3 is 7.12 Å². The van der Waals surface area contributed by atoms with E-state index in [1.165, 1.54) is 0 Å². The maximum absolute atomic E-state index is 8.68. The lowest BCUT2D eigenvalue weighted by molar-refractivity contribution is 0.425. The first-order valence-corrected chi connectivity index (χ1v) is 2.99. The Morgan fingerprint density at radius 1 is 1.45 bits per heavy atom. The van der Waals surface area contributed by atoms with E-state index in [9.17, 15) is 0 Å². The number of aryl methyl sites for hydroxylation is 1. The van der Waals surface area contributed by atoms with Crippen LogP contribution in [0.25, 0.3) is 0 Å². The standard InChI is InChI=1S/C6H8BNO2.ClH/c1-5-4-6(7(9)10)2-3-8-5;/h2-4,9-10H,1H3;1H. The minimum Gasteiger partial charge on any atom is -0.423 e. The topological polar surface area (TPSA) is 53.4 Å². The molecule has 0 unspecified atom stereocenters. The van der Waals surface area contributed by atoms with Crippen molar-refractivity contribution < 1.29 is 10.0 Å².